The fourth-order valence-corrected chi connectivity index (χ4v) is 2.48. The van der Waals surface area contributed by atoms with Crippen LogP contribution in [-0.4, -0.2) is 48.1 Å². The Morgan fingerprint density at radius 2 is 2.32 bits per heavy atom. The van der Waals surface area contributed by atoms with E-state index in [-0.39, 0.29) is 11.8 Å². The summed E-state index contributed by atoms with van der Waals surface area (Å²) in [5, 5.41) is 6.71. The molecule has 0 bridgehead atoms. The summed E-state index contributed by atoms with van der Waals surface area (Å²) in [6.07, 6.45) is 1.90. The van der Waals surface area contributed by atoms with Crippen LogP contribution in [0.25, 0.3) is 0 Å². The molecule has 106 valence electrons. The van der Waals surface area contributed by atoms with Crippen LogP contribution in [0.5, 0.6) is 0 Å². The summed E-state index contributed by atoms with van der Waals surface area (Å²) in [5.41, 5.74) is 2.77. The fraction of sp³-hybridized carbons (Fsp3) is 0.769. The quantitative estimate of drug-likeness (QED) is 0.758. The van der Waals surface area contributed by atoms with E-state index < -0.39 is 0 Å². The van der Waals surface area contributed by atoms with Crippen LogP contribution < -0.4 is 10.7 Å². The lowest BCUT2D eigenvalue weighted by Crippen LogP contribution is -2.39. The highest BCUT2D eigenvalue weighted by molar-refractivity contribution is 6.39. The number of carbonyl (C=O) groups is 2. The Morgan fingerprint density at radius 3 is 2.89 bits per heavy atom. The van der Waals surface area contributed by atoms with E-state index in [1.807, 2.05) is 0 Å². The zero-order valence-electron chi connectivity index (χ0n) is 11.6. The number of carbonyl (C=O) groups excluding carboxylic acids is 2. The highest BCUT2D eigenvalue weighted by Crippen LogP contribution is 2.17. The molecule has 6 heteroatoms. The summed E-state index contributed by atoms with van der Waals surface area (Å²) in [4.78, 5) is 25.2. The molecule has 2 aliphatic heterocycles. The van der Waals surface area contributed by atoms with Gasteiger partial charge in [-0.05, 0) is 32.7 Å². The zero-order chi connectivity index (χ0) is 13.8. The predicted molar refractivity (Wildman–Crippen MR) is 72.6 cm³/mol. The fourth-order valence-electron chi connectivity index (χ4n) is 2.48. The number of hydrogen-bond acceptors (Lipinski definition) is 4. The first kappa shape index (κ1) is 14.0. The van der Waals surface area contributed by atoms with E-state index >= 15 is 0 Å². The molecular formula is C13H22N4O2. The number of hydrogen-bond donors (Lipinski definition) is 2. The van der Waals surface area contributed by atoms with Crippen LogP contribution in [0, 0.1) is 5.92 Å². The van der Waals surface area contributed by atoms with E-state index in [9.17, 15) is 9.59 Å². The molecular weight excluding hydrogens is 244 g/mol. The molecule has 0 spiro atoms. The minimum absolute atomic E-state index is 0.125. The van der Waals surface area contributed by atoms with E-state index in [0.29, 0.717) is 37.1 Å². The highest BCUT2D eigenvalue weighted by atomic mass is 16.2. The molecule has 6 nitrogen and oxygen atoms in total. The molecule has 2 amide bonds. The van der Waals surface area contributed by atoms with E-state index in [1.165, 1.54) is 0 Å². The number of nitrogens with one attached hydrogen (secondary N) is 2. The average molecular weight is 266 g/mol. The van der Waals surface area contributed by atoms with E-state index in [0.717, 1.165) is 19.5 Å². The number of amides is 2. The number of hydrazone groups is 1. The Kier molecular flexibility index (Phi) is 4.52. The first-order chi connectivity index (χ1) is 9.06. The Balaban J connectivity index is 1.74. The van der Waals surface area contributed by atoms with Gasteiger partial charge in [0.05, 0.1) is 0 Å². The summed E-state index contributed by atoms with van der Waals surface area (Å²) in [6, 6.07) is 0.568. The molecule has 1 unspecified atom stereocenters. The molecule has 1 saturated heterocycles. The molecule has 2 heterocycles. The van der Waals surface area contributed by atoms with Gasteiger partial charge in [-0.25, -0.2) is 5.43 Å². The SMILES string of the molecule is CC(C)N1CCC(CNC(=O)C2=NNC(=O)CC2)C1. The third kappa shape index (κ3) is 3.76. The maximum atomic E-state index is 11.9. The number of nitrogens with zero attached hydrogens (tertiary/aromatic N) is 2. The van der Waals surface area contributed by atoms with Gasteiger partial charge in [-0.1, -0.05) is 0 Å². The van der Waals surface area contributed by atoms with Crippen molar-refractivity contribution in [2.75, 3.05) is 19.6 Å². The normalized spacial score (nSPS) is 24.3. The Labute approximate surface area is 113 Å². The lowest BCUT2D eigenvalue weighted by Gasteiger charge is -2.20. The smallest absolute Gasteiger partial charge is 0.267 e. The van der Waals surface area contributed by atoms with Crippen molar-refractivity contribution in [3.05, 3.63) is 0 Å². The highest BCUT2D eigenvalue weighted by Gasteiger charge is 2.25. The van der Waals surface area contributed by atoms with E-state index in [2.05, 4.69) is 34.6 Å². The third-order valence-electron chi connectivity index (χ3n) is 3.77. The summed E-state index contributed by atoms with van der Waals surface area (Å²) in [5.74, 6) is 0.244. The molecule has 2 N–H and O–H groups in total. The van der Waals surface area contributed by atoms with Gasteiger partial charge in [-0.2, -0.15) is 5.10 Å². The van der Waals surface area contributed by atoms with Crippen molar-refractivity contribution in [2.45, 2.75) is 39.2 Å². The monoisotopic (exact) mass is 266 g/mol. The summed E-state index contributed by atoms with van der Waals surface area (Å²) in [7, 11) is 0. The first-order valence-corrected chi connectivity index (χ1v) is 6.94. The molecule has 19 heavy (non-hydrogen) atoms. The Morgan fingerprint density at radius 1 is 1.53 bits per heavy atom. The predicted octanol–water partition coefficient (Wildman–Crippen LogP) is 0.0989. The van der Waals surface area contributed by atoms with E-state index in [4.69, 9.17) is 0 Å². The molecule has 0 aromatic rings. The molecule has 2 rings (SSSR count). The van der Waals surface area contributed by atoms with Gasteiger partial charge in [-0.15, -0.1) is 0 Å². The molecule has 0 saturated carbocycles. The van der Waals surface area contributed by atoms with Crippen LogP contribution in [0.1, 0.15) is 33.1 Å². The summed E-state index contributed by atoms with van der Waals surface area (Å²) >= 11 is 0. The van der Waals surface area contributed by atoms with Crippen molar-refractivity contribution in [1.29, 1.82) is 0 Å². The van der Waals surface area contributed by atoms with Gasteiger partial charge >= 0.3 is 0 Å². The third-order valence-corrected chi connectivity index (χ3v) is 3.77. The van der Waals surface area contributed by atoms with Crippen LogP contribution in [0.4, 0.5) is 0 Å². The Hall–Kier alpha value is -1.43. The topological polar surface area (TPSA) is 73.8 Å². The number of rotatable bonds is 4. The van der Waals surface area contributed by atoms with Gasteiger partial charge in [0.15, 0.2) is 0 Å². The van der Waals surface area contributed by atoms with Crippen LogP contribution in [0.2, 0.25) is 0 Å². The summed E-state index contributed by atoms with van der Waals surface area (Å²) in [6.45, 7) is 7.23. The summed E-state index contributed by atoms with van der Waals surface area (Å²) < 4.78 is 0. The lowest BCUT2D eigenvalue weighted by atomic mass is 10.1. The molecule has 0 radical (unpaired) electrons. The minimum atomic E-state index is -0.150. The van der Waals surface area contributed by atoms with Crippen LogP contribution in [0.15, 0.2) is 5.10 Å². The zero-order valence-corrected chi connectivity index (χ0v) is 11.6. The van der Waals surface area contributed by atoms with Crippen molar-refractivity contribution in [2.24, 2.45) is 11.0 Å². The van der Waals surface area contributed by atoms with Crippen LogP contribution >= 0.6 is 0 Å². The average Bonchev–Trinajstić information content (AvgIpc) is 2.86. The van der Waals surface area contributed by atoms with Gasteiger partial charge in [0.25, 0.3) is 5.91 Å². The number of likely N-dealkylation sites (tertiary alicyclic amines) is 1. The second kappa shape index (κ2) is 6.14. The van der Waals surface area contributed by atoms with Crippen LogP contribution in [0.3, 0.4) is 0 Å². The Bertz CT molecular complexity index is 392. The van der Waals surface area contributed by atoms with Crippen molar-refractivity contribution >= 4 is 17.5 Å². The second-order valence-electron chi connectivity index (χ2n) is 5.55. The second-order valence-corrected chi connectivity index (χ2v) is 5.55. The maximum absolute atomic E-state index is 11.9. The van der Waals surface area contributed by atoms with Gasteiger partial charge in [0.2, 0.25) is 5.91 Å². The molecule has 2 aliphatic rings. The van der Waals surface area contributed by atoms with Gasteiger partial charge < -0.3 is 10.2 Å². The van der Waals surface area contributed by atoms with Gasteiger partial charge in [-0.3, -0.25) is 9.59 Å². The van der Waals surface area contributed by atoms with Gasteiger partial charge in [0, 0.05) is 32.0 Å². The van der Waals surface area contributed by atoms with Crippen molar-refractivity contribution in [3.8, 4) is 0 Å². The van der Waals surface area contributed by atoms with Crippen molar-refractivity contribution in [1.82, 2.24) is 15.6 Å². The molecule has 1 atom stereocenters. The van der Waals surface area contributed by atoms with E-state index in [1.54, 1.807) is 0 Å². The molecule has 0 aromatic carbocycles. The van der Waals surface area contributed by atoms with Crippen molar-refractivity contribution in [3.63, 3.8) is 0 Å². The molecule has 0 aliphatic carbocycles. The first-order valence-electron chi connectivity index (χ1n) is 6.94. The van der Waals surface area contributed by atoms with Gasteiger partial charge in [0.1, 0.15) is 5.71 Å². The largest absolute Gasteiger partial charge is 0.351 e. The minimum Gasteiger partial charge on any atom is -0.351 e. The molecule has 1 fully saturated rings. The molecule has 0 aromatic heterocycles. The van der Waals surface area contributed by atoms with Crippen molar-refractivity contribution < 1.29 is 9.59 Å². The standard InChI is InChI=1S/C13H22N4O2/c1-9(2)17-6-5-10(8-17)7-14-13(19)11-3-4-12(18)16-15-11/h9-10H,3-8H2,1-2H3,(H,14,19)(H,16,18). The lowest BCUT2D eigenvalue weighted by molar-refractivity contribution is -0.121. The van der Waals surface area contributed by atoms with Crippen LogP contribution in [-0.2, 0) is 9.59 Å². The maximum Gasteiger partial charge on any atom is 0.267 e.